The molecule has 0 aromatic heterocycles. The summed E-state index contributed by atoms with van der Waals surface area (Å²) in [5, 5.41) is 0. The van der Waals surface area contributed by atoms with Crippen molar-refractivity contribution in [1.82, 2.24) is 0 Å². The summed E-state index contributed by atoms with van der Waals surface area (Å²) in [4.78, 5) is 2.36. The molecule has 0 radical (unpaired) electrons. The fraction of sp³-hybridized carbons (Fsp3) is 0.571. The van der Waals surface area contributed by atoms with Crippen LogP contribution in [0.25, 0.3) is 0 Å². The summed E-state index contributed by atoms with van der Waals surface area (Å²) in [5.74, 6) is -0.217. The standard InChI is InChI=1S/C14H21FN2/c1-4-11-6-5-10(3)17(11)14-7-9(2)12(15)8-13(14)16/h7-8,10-11H,4-6,16H2,1-3H3. The van der Waals surface area contributed by atoms with E-state index in [2.05, 4.69) is 18.7 Å². The number of nitrogen functional groups attached to an aromatic ring is 1. The highest BCUT2D eigenvalue weighted by Crippen LogP contribution is 2.36. The van der Waals surface area contributed by atoms with E-state index in [1.807, 2.05) is 6.07 Å². The van der Waals surface area contributed by atoms with Crippen LogP contribution in [0.5, 0.6) is 0 Å². The Morgan fingerprint density at radius 3 is 2.76 bits per heavy atom. The van der Waals surface area contributed by atoms with E-state index in [0.717, 1.165) is 12.1 Å². The van der Waals surface area contributed by atoms with Crippen LogP contribution in [0.2, 0.25) is 0 Å². The van der Waals surface area contributed by atoms with Crippen molar-refractivity contribution in [3.63, 3.8) is 0 Å². The third-order valence-electron chi connectivity index (χ3n) is 3.84. The molecule has 0 spiro atoms. The quantitative estimate of drug-likeness (QED) is 0.796. The molecular weight excluding hydrogens is 215 g/mol. The number of aryl methyl sites for hydroxylation is 1. The van der Waals surface area contributed by atoms with Crippen LogP contribution in [0, 0.1) is 12.7 Å². The molecule has 94 valence electrons. The Labute approximate surface area is 103 Å². The molecule has 1 aliphatic heterocycles. The minimum Gasteiger partial charge on any atom is -0.397 e. The van der Waals surface area contributed by atoms with Gasteiger partial charge in [-0.05, 0) is 50.8 Å². The van der Waals surface area contributed by atoms with Crippen molar-refractivity contribution in [2.24, 2.45) is 0 Å². The molecule has 0 aliphatic carbocycles. The van der Waals surface area contributed by atoms with Crippen LogP contribution in [0.1, 0.15) is 38.7 Å². The van der Waals surface area contributed by atoms with Crippen LogP contribution >= 0.6 is 0 Å². The van der Waals surface area contributed by atoms with E-state index in [1.165, 1.54) is 18.9 Å². The predicted molar refractivity (Wildman–Crippen MR) is 70.8 cm³/mol. The lowest BCUT2D eigenvalue weighted by atomic mass is 10.1. The zero-order valence-electron chi connectivity index (χ0n) is 10.8. The van der Waals surface area contributed by atoms with Gasteiger partial charge in [-0.3, -0.25) is 0 Å². The second kappa shape index (κ2) is 4.55. The number of hydrogen-bond donors (Lipinski definition) is 1. The molecule has 1 saturated heterocycles. The van der Waals surface area contributed by atoms with Crippen molar-refractivity contribution in [3.8, 4) is 0 Å². The van der Waals surface area contributed by atoms with Gasteiger partial charge in [-0.15, -0.1) is 0 Å². The Kier molecular flexibility index (Phi) is 3.27. The van der Waals surface area contributed by atoms with Crippen LogP contribution in [0.4, 0.5) is 15.8 Å². The number of nitrogens with two attached hydrogens (primary N) is 1. The van der Waals surface area contributed by atoms with E-state index in [-0.39, 0.29) is 5.82 Å². The predicted octanol–water partition coefficient (Wildman–Crippen LogP) is 3.48. The number of hydrogen-bond acceptors (Lipinski definition) is 2. The monoisotopic (exact) mass is 236 g/mol. The third-order valence-corrected chi connectivity index (χ3v) is 3.84. The normalized spacial score (nSPS) is 24.4. The zero-order valence-corrected chi connectivity index (χ0v) is 10.8. The average Bonchev–Trinajstić information content (AvgIpc) is 2.65. The molecule has 2 rings (SSSR count). The van der Waals surface area contributed by atoms with E-state index in [0.29, 0.717) is 23.3 Å². The van der Waals surface area contributed by atoms with Crippen molar-refractivity contribution < 1.29 is 4.39 Å². The first-order chi connectivity index (χ1) is 8.04. The zero-order chi connectivity index (χ0) is 12.6. The molecule has 0 saturated carbocycles. The van der Waals surface area contributed by atoms with Crippen molar-refractivity contribution in [2.45, 2.75) is 52.1 Å². The first kappa shape index (κ1) is 12.2. The number of anilines is 2. The van der Waals surface area contributed by atoms with Gasteiger partial charge < -0.3 is 10.6 Å². The molecule has 0 amide bonds. The van der Waals surface area contributed by atoms with E-state index in [1.54, 1.807) is 6.92 Å². The lowest BCUT2D eigenvalue weighted by molar-refractivity contribution is 0.612. The summed E-state index contributed by atoms with van der Waals surface area (Å²) in [7, 11) is 0. The summed E-state index contributed by atoms with van der Waals surface area (Å²) in [5.41, 5.74) is 8.19. The van der Waals surface area contributed by atoms with Crippen LogP contribution in [0.3, 0.4) is 0 Å². The van der Waals surface area contributed by atoms with Gasteiger partial charge in [0.05, 0.1) is 11.4 Å². The van der Waals surface area contributed by atoms with Gasteiger partial charge in [0.2, 0.25) is 0 Å². The largest absolute Gasteiger partial charge is 0.397 e. The van der Waals surface area contributed by atoms with E-state index < -0.39 is 0 Å². The van der Waals surface area contributed by atoms with Gasteiger partial charge in [-0.25, -0.2) is 4.39 Å². The summed E-state index contributed by atoms with van der Waals surface area (Å²) in [6.45, 7) is 6.20. The molecule has 2 unspecified atom stereocenters. The maximum Gasteiger partial charge on any atom is 0.128 e. The molecule has 17 heavy (non-hydrogen) atoms. The summed E-state index contributed by atoms with van der Waals surface area (Å²) < 4.78 is 13.4. The second-order valence-corrected chi connectivity index (χ2v) is 5.06. The Bertz CT molecular complexity index is 417. The van der Waals surface area contributed by atoms with Crippen LogP contribution < -0.4 is 10.6 Å². The molecule has 3 heteroatoms. The van der Waals surface area contributed by atoms with Crippen molar-refractivity contribution >= 4 is 11.4 Å². The van der Waals surface area contributed by atoms with Gasteiger partial charge in [0.1, 0.15) is 5.82 Å². The smallest absolute Gasteiger partial charge is 0.128 e. The van der Waals surface area contributed by atoms with Gasteiger partial charge in [-0.1, -0.05) is 6.92 Å². The van der Waals surface area contributed by atoms with Gasteiger partial charge >= 0.3 is 0 Å². The highest BCUT2D eigenvalue weighted by molar-refractivity contribution is 5.70. The summed E-state index contributed by atoms with van der Waals surface area (Å²) in [6.07, 6.45) is 3.50. The van der Waals surface area contributed by atoms with Gasteiger partial charge in [0.15, 0.2) is 0 Å². The highest BCUT2D eigenvalue weighted by Gasteiger charge is 2.30. The van der Waals surface area contributed by atoms with E-state index in [9.17, 15) is 4.39 Å². The molecule has 1 fully saturated rings. The first-order valence-electron chi connectivity index (χ1n) is 6.38. The van der Waals surface area contributed by atoms with E-state index >= 15 is 0 Å². The van der Waals surface area contributed by atoms with Gasteiger partial charge in [-0.2, -0.15) is 0 Å². The molecule has 2 nitrogen and oxygen atoms in total. The maximum atomic E-state index is 13.4. The lowest BCUT2D eigenvalue weighted by Crippen LogP contribution is -2.34. The fourth-order valence-corrected chi connectivity index (χ4v) is 2.81. The molecule has 1 heterocycles. The van der Waals surface area contributed by atoms with Crippen LogP contribution in [-0.2, 0) is 0 Å². The Hall–Kier alpha value is -1.25. The fourth-order valence-electron chi connectivity index (χ4n) is 2.81. The number of rotatable bonds is 2. The Morgan fingerprint density at radius 2 is 2.12 bits per heavy atom. The molecule has 2 N–H and O–H groups in total. The molecule has 2 atom stereocenters. The Morgan fingerprint density at radius 1 is 1.41 bits per heavy atom. The average molecular weight is 236 g/mol. The lowest BCUT2D eigenvalue weighted by Gasteiger charge is -2.31. The summed E-state index contributed by atoms with van der Waals surface area (Å²) >= 11 is 0. The van der Waals surface area contributed by atoms with Crippen LogP contribution in [0.15, 0.2) is 12.1 Å². The van der Waals surface area contributed by atoms with Crippen LogP contribution in [-0.4, -0.2) is 12.1 Å². The van der Waals surface area contributed by atoms with Crippen molar-refractivity contribution in [1.29, 1.82) is 0 Å². The molecule has 1 aliphatic rings. The van der Waals surface area contributed by atoms with Crippen molar-refractivity contribution in [2.75, 3.05) is 10.6 Å². The second-order valence-electron chi connectivity index (χ2n) is 5.06. The van der Waals surface area contributed by atoms with Gasteiger partial charge in [0, 0.05) is 12.1 Å². The number of nitrogens with zero attached hydrogens (tertiary/aromatic N) is 1. The van der Waals surface area contributed by atoms with Crippen molar-refractivity contribution in [3.05, 3.63) is 23.5 Å². The number of halogens is 1. The maximum absolute atomic E-state index is 13.4. The molecule has 1 aromatic rings. The molecular formula is C14H21FN2. The molecule has 1 aromatic carbocycles. The highest BCUT2D eigenvalue weighted by atomic mass is 19.1. The number of benzene rings is 1. The Balaban J connectivity index is 2.42. The molecule has 0 bridgehead atoms. The SMILES string of the molecule is CCC1CCC(C)N1c1cc(C)c(F)cc1N. The van der Waals surface area contributed by atoms with Gasteiger partial charge in [0.25, 0.3) is 0 Å². The minimum atomic E-state index is -0.217. The summed E-state index contributed by atoms with van der Waals surface area (Å²) in [6, 6.07) is 4.36. The minimum absolute atomic E-state index is 0.217. The third kappa shape index (κ3) is 2.11. The first-order valence-corrected chi connectivity index (χ1v) is 6.38. The topological polar surface area (TPSA) is 29.3 Å². The van der Waals surface area contributed by atoms with E-state index in [4.69, 9.17) is 5.73 Å².